The van der Waals surface area contributed by atoms with Crippen LogP contribution in [0.3, 0.4) is 0 Å². The number of amides is 2. The zero-order valence-electron chi connectivity index (χ0n) is 16.2. The Bertz CT molecular complexity index is 1110. The number of urea groups is 1. The monoisotopic (exact) mass is 460 g/mol. The van der Waals surface area contributed by atoms with E-state index >= 15 is 0 Å². The molecule has 1 atom stereocenters. The van der Waals surface area contributed by atoms with E-state index in [1.807, 2.05) is 0 Å². The Morgan fingerprint density at radius 3 is 2.84 bits per heavy atom. The highest BCUT2D eigenvalue weighted by atomic mass is 35.5. The molecular weight excluding hydrogens is 444 g/mol. The normalized spacial score (nSPS) is 16.1. The van der Waals surface area contributed by atoms with Crippen LogP contribution in [0.15, 0.2) is 63.5 Å². The Hall–Kier alpha value is -3.31. The largest absolute Gasteiger partial charge is 0.467 e. The van der Waals surface area contributed by atoms with E-state index in [0.717, 1.165) is 5.69 Å². The lowest BCUT2D eigenvalue weighted by atomic mass is 10.0. The van der Waals surface area contributed by atoms with E-state index in [0.29, 0.717) is 21.6 Å². The number of nitrogens with zero attached hydrogens (tertiary/aromatic N) is 4. The van der Waals surface area contributed by atoms with E-state index in [9.17, 15) is 9.59 Å². The van der Waals surface area contributed by atoms with Gasteiger partial charge in [0.05, 0.1) is 24.1 Å². The number of benzene rings is 1. The first kappa shape index (κ1) is 20.9. The minimum Gasteiger partial charge on any atom is -0.467 e. The maximum Gasteiger partial charge on any atom is 0.338 e. The van der Waals surface area contributed by atoms with Crippen molar-refractivity contribution in [3.8, 4) is 5.69 Å². The van der Waals surface area contributed by atoms with Gasteiger partial charge in [-0.05, 0) is 53.7 Å². The molecule has 160 valence electrons. The predicted molar refractivity (Wildman–Crippen MR) is 112 cm³/mol. The van der Waals surface area contributed by atoms with E-state index in [4.69, 9.17) is 20.8 Å². The smallest absolute Gasteiger partial charge is 0.338 e. The lowest BCUT2D eigenvalue weighted by Gasteiger charge is -2.27. The average Bonchev–Trinajstić information content (AvgIpc) is 3.45. The number of aromatic nitrogens is 4. The van der Waals surface area contributed by atoms with Crippen molar-refractivity contribution in [3.63, 3.8) is 0 Å². The van der Waals surface area contributed by atoms with E-state index in [-0.39, 0.29) is 17.9 Å². The fraction of sp³-hybridized carbons (Fsp3) is 0.211. The number of thioether (sulfide) groups is 1. The first-order chi connectivity index (χ1) is 15.1. The van der Waals surface area contributed by atoms with E-state index in [1.165, 1.54) is 18.0 Å². The van der Waals surface area contributed by atoms with Gasteiger partial charge in [0.15, 0.2) is 0 Å². The van der Waals surface area contributed by atoms with Gasteiger partial charge < -0.3 is 19.8 Å². The summed E-state index contributed by atoms with van der Waals surface area (Å²) in [6.07, 6.45) is 1.47. The van der Waals surface area contributed by atoms with Crippen LogP contribution in [0, 0.1) is 0 Å². The molecule has 0 bridgehead atoms. The van der Waals surface area contributed by atoms with Gasteiger partial charge in [-0.15, -0.1) is 5.10 Å². The highest BCUT2D eigenvalue weighted by Crippen LogP contribution is 2.31. The number of carbonyl (C=O) groups excluding carboxylic acids is 2. The minimum atomic E-state index is -0.773. The number of ether oxygens (including phenoxy) is 1. The van der Waals surface area contributed by atoms with Crippen LogP contribution in [0.1, 0.15) is 18.7 Å². The molecule has 2 amide bonds. The number of furan rings is 1. The minimum absolute atomic E-state index is 0.191. The number of hydrogen-bond donors (Lipinski definition) is 2. The molecule has 0 radical (unpaired) electrons. The molecule has 0 aliphatic carbocycles. The SMILES string of the molecule is CCOC(=O)C1=C(CSc2nnnn2-c2ccc(Cl)cc2)NC(=O)NC1c1ccco1. The Morgan fingerprint density at radius 2 is 2.13 bits per heavy atom. The number of esters is 1. The molecule has 12 heteroatoms. The van der Waals surface area contributed by atoms with Crippen LogP contribution < -0.4 is 10.6 Å². The Morgan fingerprint density at radius 1 is 1.32 bits per heavy atom. The molecule has 3 heterocycles. The van der Waals surface area contributed by atoms with Crippen molar-refractivity contribution in [2.45, 2.75) is 18.1 Å². The molecule has 0 spiro atoms. The highest BCUT2D eigenvalue weighted by molar-refractivity contribution is 7.99. The molecule has 2 aromatic heterocycles. The number of hydrogen-bond acceptors (Lipinski definition) is 8. The molecule has 31 heavy (non-hydrogen) atoms. The third kappa shape index (κ3) is 4.57. The molecule has 1 aliphatic heterocycles. The van der Waals surface area contributed by atoms with Gasteiger partial charge in [0.25, 0.3) is 0 Å². The summed E-state index contributed by atoms with van der Waals surface area (Å²) in [6.45, 7) is 1.90. The number of rotatable bonds is 7. The molecule has 0 saturated carbocycles. The number of carbonyl (C=O) groups is 2. The van der Waals surface area contributed by atoms with E-state index in [2.05, 4.69) is 26.2 Å². The first-order valence-electron chi connectivity index (χ1n) is 9.25. The van der Waals surface area contributed by atoms with Crippen LogP contribution in [-0.2, 0) is 9.53 Å². The maximum atomic E-state index is 12.7. The molecule has 2 N–H and O–H groups in total. The molecule has 1 aromatic carbocycles. The Labute approximate surface area is 186 Å². The highest BCUT2D eigenvalue weighted by Gasteiger charge is 2.35. The topological polar surface area (TPSA) is 124 Å². The second-order valence-electron chi connectivity index (χ2n) is 6.30. The van der Waals surface area contributed by atoms with Gasteiger partial charge in [-0.3, -0.25) is 0 Å². The summed E-state index contributed by atoms with van der Waals surface area (Å²) in [5.41, 5.74) is 1.37. The molecule has 0 saturated heterocycles. The molecule has 1 unspecified atom stereocenters. The van der Waals surface area contributed by atoms with Gasteiger partial charge in [0.1, 0.15) is 11.8 Å². The number of tetrazole rings is 1. The molecule has 10 nitrogen and oxygen atoms in total. The standard InChI is InChI=1S/C19H17ClN6O4S/c1-2-29-17(27)15-13(21-18(28)22-16(15)14-4-3-9-30-14)10-31-19-23-24-25-26(19)12-7-5-11(20)6-8-12/h3-9,16H,2,10H2,1H3,(H2,21,22,28). The van der Waals surface area contributed by atoms with Crippen LogP contribution in [-0.4, -0.2) is 44.6 Å². The Kier molecular flexibility index (Phi) is 6.23. The second-order valence-corrected chi connectivity index (χ2v) is 7.68. The zero-order chi connectivity index (χ0) is 21.8. The van der Waals surface area contributed by atoms with Gasteiger partial charge in [-0.1, -0.05) is 23.4 Å². The summed E-state index contributed by atoms with van der Waals surface area (Å²) in [5.74, 6) is 0.0860. The number of halogens is 1. The van der Waals surface area contributed by atoms with Gasteiger partial charge in [0, 0.05) is 16.5 Å². The van der Waals surface area contributed by atoms with Gasteiger partial charge >= 0.3 is 12.0 Å². The fourth-order valence-corrected chi connectivity index (χ4v) is 3.99. The van der Waals surface area contributed by atoms with Crippen molar-refractivity contribution in [2.75, 3.05) is 12.4 Å². The second kappa shape index (κ2) is 9.23. The summed E-state index contributed by atoms with van der Waals surface area (Å²) in [5, 5.41) is 18.2. The maximum absolute atomic E-state index is 12.7. The quantitative estimate of drug-likeness (QED) is 0.407. The molecule has 0 fully saturated rings. The van der Waals surface area contributed by atoms with Crippen LogP contribution in [0.5, 0.6) is 0 Å². The lowest BCUT2D eigenvalue weighted by molar-refractivity contribution is -0.139. The van der Waals surface area contributed by atoms with Crippen molar-refractivity contribution in [1.82, 2.24) is 30.8 Å². The van der Waals surface area contributed by atoms with Crippen molar-refractivity contribution in [1.29, 1.82) is 0 Å². The molecule has 4 rings (SSSR count). The average molecular weight is 461 g/mol. The summed E-state index contributed by atoms with van der Waals surface area (Å²) < 4.78 is 12.2. The van der Waals surface area contributed by atoms with Crippen LogP contribution in [0.25, 0.3) is 5.69 Å². The van der Waals surface area contributed by atoms with E-state index < -0.39 is 18.0 Å². The van der Waals surface area contributed by atoms with Crippen LogP contribution >= 0.6 is 23.4 Å². The number of nitrogens with one attached hydrogen (secondary N) is 2. The predicted octanol–water partition coefficient (Wildman–Crippen LogP) is 2.87. The summed E-state index contributed by atoms with van der Waals surface area (Å²) >= 11 is 7.20. The first-order valence-corrected chi connectivity index (χ1v) is 10.6. The van der Waals surface area contributed by atoms with Crippen molar-refractivity contribution in [2.24, 2.45) is 0 Å². The Balaban J connectivity index is 1.64. The van der Waals surface area contributed by atoms with E-state index in [1.54, 1.807) is 48.0 Å². The van der Waals surface area contributed by atoms with Gasteiger partial charge in [0.2, 0.25) is 5.16 Å². The third-order valence-electron chi connectivity index (χ3n) is 4.33. The van der Waals surface area contributed by atoms with Crippen LogP contribution in [0.2, 0.25) is 5.02 Å². The van der Waals surface area contributed by atoms with Crippen molar-refractivity contribution in [3.05, 3.63) is 64.7 Å². The molecular formula is C19H17ClN6O4S. The summed E-state index contributed by atoms with van der Waals surface area (Å²) in [6, 6.07) is 9.16. The molecule has 1 aliphatic rings. The zero-order valence-corrected chi connectivity index (χ0v) is 17.8. The van der Waals surface area contributed by atoms with Gasteiger partial charge in [-0.25, -0.2) is 9.59 Å². The lowest BCUT2D eigenvalue weighted by Crippen LogP contribution is -2.46. The van der Waals surface area contributed by atoms with Crippen molar-refractivity contribution < 1.29 is 18.7 Å². The van der Waals surface area contributed by atoms with Gasteiger partial charge in [-0.2, -0.15) is 4.68 Å². The molecule has 3 aromatic rings. The fourth-order valence-electron chi connectivity index (χ4n) is 3.00. The third-order valence-corrected chi connectivity index (χ3v) is 5.53. The summed E-state index contributed by atoms with van der Waals surface area (Å²) in [7, 11) is 0. The van der Waals surface area contributed by atoms with Crippen molar-refractivity contribution >= 4 is 35.4 Å². The van der Waals surface area contributed by atoms with Crippen LogP contribution in [0.4, 0.5) is 4.79 Å². The summed E-state index contributed by atoms with van der Waals surface area (Å²) in [4.78, 5) is 25.0.